The summed E-state index contributed by atoms with van der Waals surface area (Å²) in [5.41, 5.74) is 0.718. The molecule has 0 aromatic heterocycles. The van der Waals surface area contributed by atoms with Crippen molar-refractivity contribution >= 4 is 27.5 Å². The summed E-state index contributed by atoms with van der Waals surface area (Å²) in [4.78, 5) is 23.2. The molecule has 1 aromatic rings. The van der Waals surface area contributed by atoms with Crippen LogP contribution in [-0.2, 0) is 21.4 Å². The number of hydrogen-bond donors (Lipinski definition) is 0. The van der Waals surface area contributed by atoms with E-state index in [0.29, 0.717) is 12.0 Å². The zero-order chi connectivity index (χ0) is 15.8. The Morgan fingerprint density at radius 2 is 2.14 bits per heavy atom. The molecular formula is C12H13FN2O5S. The Morgan fingerprint density at radius 3 is 2.62 bits per heavy atom. The monoisotopic (exact) mass is 316 g/mol. The molecule has 0 saturated carbocycles. The van der Waals surface area contributed by atoms with Crippen LogP contribution in [0.4, 0.5) is 15.3 Å². The van der Waals surface area contributed by atoms with Crippen molar-refractivity contribution in [3.63, 3.8) is 0 Å². The minimum absolute atomic E-state index is 0.207. The van der Waals surface area contributed by atoms with Crippen molar-refractivity contribution in [1.82, 2.24) is 0 Å². The molecular weight excluding hydrogens is 303 g/mol. The molecule has 1 aliphatic rings. The number of hydrogen-bond acceptors (Lipinski definition) is 5. The van der Waals surface area contributed by atoms with Gasteiger partial charge >= 0.3 is 10.2 Å². The molecule has 21 heavy (non-hydrogen) atoms. The van der Waals surface area contributed by atoms with E-state index in [1.165, 1.54) is 18.2 Å². The van der Waals surface area contributed by atoms with Crippen LogP contribution in [0.2, 0.25) is 0 Å². The molecule has 0 aliphatic carbocycles. The highest BCUT2D eigenvalue weighted by atomic mass is 32.3. The van der Waals surface area contributed by atoms with E-state index in [-0.39, 0.29) is 17.9 Å². The zero-order valence-corrected chi connectivity index (χ0v) is 12.0. The third-order valence-corrected chi connectivity index (χ3v) is 4.55. The third-order valence-electron chi connectivity index (χ3n) is 3.44. The van der Waals surface area contributed by atoms with Crippen LogP contribution < -0.4 is 4.90 Å². The maximum absolute atomic E-state index is 13.0. The van der Waals surface area contributed by atoms with E-state index in [1.807, 2.05) is 0 Å². The van der Waals surface area contributed by atoms with E-state index in [0.717, 1.165) is 4.90 Å². The predicted molar refractivity (Wildman–Crippen MR) is 73.3 cm³/mol. The van der Waals surface area contributed by atoms with Gasteiger partial charge in [-0.25, -0.2) is 0 Å². The van der Waals surface area contributed by atoms with Gasteiger partial charge in [-0.15, -0.1) is 3.89 Å². The first-order valence-electron chi connectivity index (χ1n) is 6.25. The number of anilines is 1. The minimum atomic E-state index is -4.82. The molecule has 0 radical (unpaired) electrons. The Balaban J connectivity index is 2.43. The van der Waals surface area contributed by atoms with Crippen molar-refractivity contribution in [3.05, 3.63) is 33.9 Å². The number of aryl methyl sites for hydroxylation is 1. The lowest BCUT2D eigenvalue weighted by atomic mass is 10.1. The minimum Gasteiger partial charge on any atom is -0.310 e. The molecule has 1 saturated heterocycles. The number of benzene rings is 1. The molecule has 0 spiro atoms. The van der Waals surface area contributed by atoms with Crippen molar-refractivity contribution in [3.8, 4) is 0 Å². The fourth-order valence-electron chi connectivity index (χ4n) is 2.31. The van der Waals surface area contributed by atoms with Crippen molar-refractivity contribution < 1.29 is 22.0 Å². The van der Waals surface area contributed by atoms with Gasteiger partial charge in [-0.3, -0.25) is 14.9 Å². The molecule has 1 aliphatic heterocycles. The Labute approximate surface area is 120 Å². The molecule has 1 fully saturated rings. The average Bonchev–Trinajstić information content (AvgIpc) is 2.79. The zero-order valence-electron chi connectivity index (χ0n) is 11.2. The van der Waals surface area contributed by atoms with Crippen LogP contribution >= 0.6 is 0 Å². The first-order chi connectivity index (χ1) is 9.74. The fraction of sp³-hybridized carbons (Fsp3) is 0.417. The molecule has 1 aromatic carbocycles. The predicted octanol–water partition coefficient (Wildman–Crippen LogP) is 1.56. The second kappa shape index (κ2) is 5.40. The Kier molecular flexibility index (Phi) is 3.95. The largest absolute Gasteiger partial charge is 0.310 e. The summed E-state index contributed by atoms with van der Waals surface area (Å²) in [6.07, 6.45) is 0.0504. The van der Waals surface area contributed by atoms with Gasteiger partial charge in [0.05, 0.1) is 10.6 Å². The fourth-order valence-corrected chi connectivity index (χ4v) is 2.98. The Bertz CT molecular complexity index is 704. The summed E-state index contributed by atoms with van der Waals surface area (Å²) >= 11 is 0. The molecule has 2 rings (SSSR count). The molecule has 1 amide bonds. The van der Waals surface area contributed by atoms with Crippen LogP contribution in [0.5, 0.6) is 0 Å². The quantitative estimate of drug-likeness (QED) is 0.477. The van der Waals surface area contributed by atoms with Crippen LogP contribution in [0.3, 0.4) is 0 Å². The number of non-ortho nitro benzene ring substituents is 1. The van der Waals surface area contributed by atoms with Crippen LogP contribution in [0.1, 0.15) is 18.9 Å². The smallest absolute Gasteiger partial charge is 0.307 e. The topological polar surface area (TPSA) is 97.6 Å². The summed E-state index contributed by atoms with van der Waals surface area (Å²) in [5, 5.41) is 9.40. The lowest BCUT2D eigenvalue weighted by Gasteiger charge is -2.19. The number of rotatable bonds is 4. The molecule has 7 nitrogen and oxygen atoms in total. The molecule has 1 atom stereocenters. The summed E-state index contributed by atoms with van der Waals surface area (Å²) in [7, 11) is -4.82. The van der Waals surface area contributed by atoms with Crippen LogP contribution in [0.15, 0.2) is 18.2 Å². The second-order valence-electron chi connectivity index (χ2n) is 4.73. The van der Waals surface area contributed by atoms with E-state index in [1.54, 1.807) is 6.92 Å². The number of carbonyl (C=O) groups excluding carboxylic acids is 1. The molecule has 1 heterocycles. The third kappa shape index (κ3) is 3.02. The molecule has 0 bridgehead atoms. The molecule has 0 N–H and O–H groups in total. The molecule has 1 unspecified atom stereocenters. The Morgan fingerprint density at radius 1 is 1.48 bits per heavy atom. The van der Waals surface area contributed by atoms with Gasteiger partial charge in [0.1, 0.15) is 5.25 Å². The maximum Gasteiger partial charge on any atom is 0.307 e. The number of nitro groups is 1. The lowest BCUT2D eigenvalue weighted by Crippen LogP contribution is -2.27. The summed E-state index contributed by atoms with van der Waals surface area (Å²) in [6, 6.07) is 4.04. The average molecular weight is 316 g/mol. The first-order valence-corrected chi connectivity index (χ1v) is 7.70. The van der Waals surface area contributed by atoms with Gasteiger partial charge in [0.15, 0.2) is 0 Å². The highest BCUT2D eigenvalue weighted by molar-refractivity contribution is 7.87. The van der Waals surface area contributed by atoms with Gasteiger partial charge in [-0.05, 0) is 12.0 Å². The number of nitro benzene ring substituents is 1. The normalized spacial score (nSPS) is 19.0. The second-order valence-corrected chi connectivity index (χ2v) is 6.35. The Hall–Kier alpha value is -2.03. The summed E-state index contributed by atoms with van der Waals surface area (Å²) in [6.45, 7) is 1.47. The molecule has 114 valence electrons. The van der Waals surface area contributed by atoms with Gasteiger partial charge in [0.2, 0.25) is 5.91 Å². The highest BCUT2D eigenvalue weighted by Crippen LogP contribution is 2.31. The number of carbonyl (C=O) groups is 1. The van der Waals surface area contributed by atoms with E-state index in [4.69, 9.17) is 0 Å². The van der Waals surface area contributed by atoms with Crippen LogP contribution in [0, 0.1) is 10.1 Å². The SMILES string of the molecule is CCc1ccc([N+](=O)[O-])cc1N1CC(S(=O)(=O)F)CC1=O. The van der Waals surface area contributed by atoms with E-state index >= 15 is 0 Å². The van der Waals surface area contributed by atoms with Crippen LogP contribution in [-0.4, -0.2) is 31.0 Å². The number of amides is 1. The number of nitrogens with zero attached hydrogens (tertiary/aromatic N) is 2. The first kappa shape index (κ1) is 15.4. The van der Waals surface area contributed by atoms with Crippen molar-refractivity contribution in [1.29, 1.82) is 0 Å². The van der Waals surface area contributed by atoms with Gasteiger partial charge in [0.25, 0.3) is 5.69 Å². The van der Waals surface area contributed by atoms with Gasteiger partial charge in [0, 0.05) is 25.1 Å². The van der Waals surface area contributed by atoms with E-state index < -0.39 is 32.7 Å². The lowest BCUT2D eigenvalue weighted by molar-refractivity contribution is -0.384. The highest BCUT2D eigenvalue weighted by Gasteiger charge is 2.39. The van der Waals surface area contributed by atoms with E-state index in [9.17, 15) is 27.2 Å². The van der Waals surface area contributed by atoms with Crippen LogP contribution in [0.25, 0.3) is 0 Å². The number of halogens is 1. The maximum atomic E-state index is 13.0. The van der Waals surface area contributed by atoms with Gasteiger partial charge < -0.3 is 4.90 Å². The van der Waals surface area contributed by atoms with Crippen molar-refractivity contribution in [2.24, 2.45) is 0 Å². The summed E-state index contributed by atoms with van der Waals surface area (Å²) in [5.74, 6) is -0.559. The standard InChI is InChI=1S/C12H13FN2O5S/c1-2-8-3-4-9(15(17)18)5-11(8)14-7-10(6-12(14)16)21(13,19)20/h3-5,10H,2,6-7H2,1H3. The van der Waals surface area contributed by atoms with Gasteiger partial charge in [-0.2, -0.15) is 8.42 Å². The summed E-state index contributed by atoms with van der Waals surface area (Å²) < 4.78 is 34.9. The molecule has 9 heteroatoms. The van der Waals surface area contributed by atoms with Crippen molar-refractivity contribution in [2.75, 3.05) is 11.4 Å². The van der Waals surface area contributed by atoms with E-state index in [2.05, 4.69) is 0 Å². The van der Waals surface area contributed by atoms with Crippen molar-refractivity contribution in [2.45, 2.75) is 25.0 Å². The van der Waals surface area contributed by atoms with Gasteiger partial charge in [-0.1, -0.05) is 13.0 Å².